The molecule has 37 heavy (non-hydrogen) atoms. The van der Waals surface area contributed by atoms with E-state index in [2.05, 4.69) is 23.8 Å². The molecule has 3 aromatic carbocycles. The van der Waals surface area contributed by atoms with Crippen LogP contribution in [0.1, 0.15) is 68.9 Å². The van der Waals surface area contributed by atoms with Crippen LogP contribution in [-0.2, 0) is 0 Å². The van der Waals surface area contributed by atoms with Crippen LogP contribution in [0, 0.1) is 24.5 Å². The average Bonchev–Trinajstić information content (AvgIpc) is 2.88. The second-order valence-electron chi connectivity index (χ2n) is 9.78. The van der Waals surface area contributed by atoms with E-state index in [0.717, 1.165) is 29.7 Å². The van der Waals surface area contributed by atoms with E-state index >= 15 is 0 Å². The van der Waals surface area contributed by atoms with E-state index in [1.165, 1.54) is 62.6 Å². The monoisotopic (exact) mass is 518 g/mol. The highest BCUT2D eigenvalue weighted by molar-refractivity contribution is 5.70. The molecule has 7 heteroatoms. The molecule has 2 nitrogen and oxygen atoms in total. The Kier molecular flexibility index (Phi) is 8.40. The van der Waals surface area contributed by atoms with Crippen molar-refractivity contribution in [3.63, 3.8) is 0 Å². The average molecular weight is 519 g/mol. The highest BCUT2D eigenvalue weighted by Crippen LogP contribution is 2.40. The van der Waals surface area contributed by atoms with Gasteiger partial charge in [0.2, 0.25) is 5.82 Å². The van der Waals surface area contributed by atoms with Crippen molar-refractivity contribution in [2.45, 2.75) is 71.1 Å². The first-order valence-corrected chi connectivity index (χ1v) is 12.8. The van der Waals surface area contributed by atoms with E-state index in [1.807, 2.05) is 12.1 Å². The number of alkyl halides is 3. The van der Waals surface area contributed by atoms with E-state index in [-0.39, 0.29) is 11.5 Å². The van der Waals surface area contributed by atoms with Crippen LogP contribution in [0.3, 0.4) is 0 Å². The molecule has 0 radical (unpaired) electrons. The van der Waals surface area contributed by atoms with Gasteiger partial charge in [-0.1, -0.05) is 50.5 Å². The Bertz CT molecular complexity index is 1180. The van der Waals surface area contributed by atoms with Gasteiger partial charge in [-0.2, -0.15) is 4.39 Å². The fourth-order valence-corrected chi connectivity index (χ4v) is 5.15. The van der Waals surface area contributed by atoms with Crippen molar-refractivity contribution in [2.75, 3.05) is 0 Å². The second-order valence-corrected chi connectivity index (χ2v) is 9.78. The molecule has 1 aliphatic rings. The Morgan fingerprint density at radius 3 is 2.08 bits per heavy atom. The molecule has 1 saturated carbocycles. The van der Waals surface area contributed by atoms with E-state index in [9.17, 15) is 22.0 Å². The maximum atomic E-state index is 14.7. The van der Waals surface area contributed by atoms with Crippen molar-refractivity contribution in [3.8, 4) is 28.4 Å². The predicted molar refractivity (Wildman–Crippen MR) is 134 cm³/mol. The lowest BCUT2D eigenvalue weighted by Crippen LogP contribution is -2.16. The van der Waals surface area contributed by atoms with Crippen LogP contribution in [0.2, 0.25) is 0 Å². The lowest BCUT2D eigenvalue weighted by molar-refractivity contribution is -0.274. The maximum Gasteiger partial charge on any atom is 0.573 e. The van der Waals surface area contributed by atoms with Gasteiger partial charge in [0.15, 0.2) is 11.6 Å². The number of unbranched alkanes of at least 4 members (excludes halogenated alkanes) is 1. The third-order valence-corrected chi connectivity index (χ3v) is 7.21. The van der Waals surface area contributed by atoms with Gasteiger partial charge in [0.25, 0.3) is 0 Å². The van der Waals surface area contributed by atoms with E-state index in [0.29, 0.717) is 17.0 Å². The molecule has 0 spiro atoms. The molecule has 0 unspecified atom stereocenters. The van der Waals surface area contributed by atoms with Crippen LogP contribution in [0.4, 0.5) is 22.0 Å². The smallest absolute Gasteiger partial charge is 0.454 e. The van der Waals surface area contributed by atoms with Crippen LogP contribution >= 0.6 is 0 Å². The SMILES string of the molecule is CCCC[C@H]1CC[C@H](c2ccc(-c3cc(F)c(F)c(Oc4ccc(OC(F)(F)F)cc4)c3C)cc2)CC1. The zero-order valence-electron chi connectivity index (χ0n) is 21.0. The zero-order chi connectivity index (χ0) is 26.6. The van der Waals surface area contributed by atoms with Crippen molar-refractivity contribution in [1.82, 2.24) is 0 Å². The molecule has 198 valence electrons. The molecule has 0 saturated heterocycles. The summed E-state index contributed by atoms with van der Waals surface area (Å²) in [5.74, 6) is -1.58. The van der Waals surface area contributed by atoms with E-state index in [4.69, 9.17) is 4.74 Å². The lowest BCUT2D eigenvalue weighted by atomic mass is 9.77. The van der Waals surface area contributed by atoms with Crippen LogP contribution < -0.4 is 9.47 Å². The van der Waals surface area contributed by atoms with Gasteiger partial charge in [-0.05, 0) is 91.5 Å². The number of hydrogen-bond donors (Lipinski definition) is 0. The minimum Gasteiger partial charge on any atom is -0.454 e. The molecule has 0 atom stereocenters. The van der Waals surface area contributed by atoms with Crippen molar-refractivity contribution >= 4 is 0 Å². The van der Waals surface area contributed by atoms with Gasteiger partial charge in [0.1, 0.15) is 11.5 Å². The Morgan fingerprint density at radius 1 is 0.865 bits per heavy atom. The van der Waals surface area contributed by atoms with Gasteiger partial charge in [-0.3, -0.25) is 0 Å². The predicted octanol–water partition coefficient (Wildman–Crippen LogP) is 10.1. The number of benzene rings is 3. The number of ether oxygens (including phenoxy) is 2. The normalized spacial score (nSPS) is 18.0. The molecular formula is C30H31F5O2. The summed E-state index contributed by atoms with van der Waals surface area (Å²) < 4.78 is 75.8. The third-order valence-electron chi connectivity index (χ3n) is 7.21. The molecule has 0 amide bonds. The van der Waals surface area contributed by atoms with E-state index < -0.39 is 23.7 Å². The standard InChI is InChI=1S/C30H31F5O2/c1-3-4-5-20-6-8-21(9-7-20)22-10-12-23(13-11-22)26-18-27(31)28(32)29(19(26)2)36-24-14-16-25(17-15-24)37-30(33,34)35/h10-18,20-21H,3-9H2,1-2H3/t20-,21-. The minimum atomic E-state index is -4.83. The Labute approximate surface area is 214 Å². The minimum absolute atomic E-state index is 0.0537. The van der Waals surface area contributed by atoms with Gasteiger partial charge < -0.3 is 9.47 Å². The Morgan fingerprint density at radius 2 is 1.49 bits per heavy atom. The first-order chi connectivity index (χ1) is 17.6. The number of halogens is 5. The quantitative estimate of drug-likeness (QED) is 0.276. The number of hydrogen-bond acceptors (Lipinski definition) is 2. The van der Waals surface area contributed by atoms with Crippen molar-refractivity contribution in [3.05, 3.63) is 77.4 Å². The summed E-state index contributed by atoms with van der Waals surface area (Å²) in [4.78, 5) is 0. The van der Waals surface area contributed by atoms with Crippen LogP contribution in [0.25, 0.3) is 11.1 Å². The van der Waals surface area contributed by atoms with Crippen LogP contribution in [0.15, 0.2) is 54.6 Å². The summed E-state index contributed by atoms with van der Waals surface area (Å²) in [6.45, 7) is 3.85. The zero-order valence-corrected chi connectivity index (χ0v) is 21.0. The molecule has 4 rings (SSSR count). The van der Waals surface area contributed by atoms with E-state index in [1.54, 1.807) is 6.92 Å². The largest absolute Gasteiger partial charge is 0.573 e. The summed E-state index contributed by atoms with van der Waals surface area (Å²) in [5, 5.41) is 0. The summed E-state index contributed by atoms with van der Waals surface area (Å²) in [6.07, 6.45) is 3.85. The highest BCUT2D eigenvalue weighted by atomic mass is 19.4. The van der Waals surface area contributed by atoms with Gasteiger partial charge in [-0.25, -0.2) is 4.39 Å². The van der Waals surface area contributed by atoms with Crippen molar-refractivity contribution in [1.29, 1.82) is 0 Å². The molecule has 3 aromatic rings. The highest BCUT2D eigenvalue weighted by Gasteiger charge is 2.31. The van der Waals surface area contributed by atoms with Crippen molar-refractivity contribution < 1.29 is 31.4 Å². The number of rotatable bonds is 8. The van der Waals surface area contributed by atoms with Gasteiger partial charge >= 0.3 is 6.36 Å². The summed E-state index contributed by atoms with van der Waals surface area (Å²) >= 11 is 0. The topological polar surface area (TPSA) is 18.5 Å². The molecule has 0 N–H and O–H groups in total. The Balaban J connectivity index is 1.50. The fourth-order valence-electron chi connectivity index (χ4n) is 5.15. The van der Waals surface area contributed by atoms with Crippen LogP contribution in [-0.4, -0.2) is 6.36 Å². The maximum absolute atomic E-state index is 14.7. The summed E-state index contributed by atoms with van der Waals surface area (Å²) in [5.41, 5.74) is 2.87. The summed E-state index contributed by atoms with van der Waals surface area (Å²) in [7, 11) is 0. The third kappa shape index (κ3) is 6.82. The molecule has 0 heterocycles. The van der Waals surface area contributed by atoms with Gasteiger partial charge in [0.05, 0.1) is 0 Å². The summed E-state index contributed by atoms with van der Waals surface area (Å²) in [6, 6.07) is 13.6. The molecule has 0 bridgehead atoms. The molecular weight excluding hydrogens is 487 g/mol. The van der Waals surface area contributed by atoms with Gasteiger partial charge in [0, 0.05) is 5.56 Å². The molecule has 1 fully saturated rings. The van der Waals surface area contributed by atoms with Crippen molar-refractivity contribution in [2.24, 2.45) is 5.92 Å². The first-order valence-electron chi connectivity index (χ1n) is 12.8. The first kappa shape index (κ1) is 27.0. The second kappa shape index (κ2) is 11.5. The molecule has 0 aliphatic heterocycles. The molecule has 0 aromatic heterocycles. The Hall–Kier alpha value is -3.09. The van der Waals surface area contributed by atoms with Gasteiger partial charge in [-0.15, -0.1) is 13.2 Å². The fraction of sp³-hybridized carbons (Fsp3) is 0.400. The van der Waals surface area contributed by atoms with Crippen LogP contribution in [0.5, 0.6) is 17.2 Å². The molecule has 1 aliphatic carbocycles. The lowest BCUT2D eigenvalue weighted by Gasteiger charge is -2.29.